The minimum Gasteiger partial charge on any atom is -0.507 e. The normalized spacial score (nSPS) is 11.3. The maximum atomic E-state index is 12.8. The molecule has 0 bridgehead atoms. The molecule has 0 aliphatic heterocycles. The Hall–Kier alpha value is -8.14. The Bertz CT molecular complexity index is 2780. The highest BCUT2D eigenvalue weighted by atomic mass is 16.5. The van der Waals surface area contributed by atoms with Crippen LogP contribution < -0.4 is 10.6 Å². The number of rotatable bonds is 9. The van der Waals surface area contributed by atoms with Crippen LogP contribution in [-0.4, -0.2) is 76.7 Å². The first-order valence-corrected chi connectivity index (χ1v) is 17.6. The van der Waals surface area contributed by atoms with Crippen molar-refractivity contribution in [3.8, 4) is 45.6 Å². The number of phenolic OH excluding ortho intramolecular Hbond substituents is 6. The lowest BCUT2D eigenvalue weighted by Gasteiger charge is -2.21. The van der Waals surface area contributed by atoms with Gasteiger partial charge in [-0.25, -0.2) is 29.5 Å². The number of para-hydroxylation sites is 2. The summed E-state index contributed by atoms with van der Waals surface area (Å²) in [5, 5.41) is 76.8. The number of carbonyl (C=O) groups is 2. The van der Waals surface area contributed by atoms with Crippen LogP contribution >= 0.6 is 0 Å². The molecule has 8 N–H and O–H groups in total. The van der Waals surface area contributed by atoms with Gasteiger partial charge in [0.15, 0.2) is 11.5 Å². The van der Waals surface area contributed by atoms with Crippen LogP contribution in [0.3, 0.4) is 0 Å². The third-order valence-electron chi connectivity index (χ3n) is 9.69. The highest BCUT2D eigenvalue weighted by molar-refractivity contribution is 6.11. The first-order chi connectivity index (χ1) is 28.0. The van der Waals surface area contributed by atoms with E-state index < -0.39 is 46.1 Å². The molecule has 0 saturated heterocycles. The summed E-state index contributed by atoms with van der Waals surface area (Å²) in [6.45, 7) is -0.331. The van der Waals surface area contributed by atoms with E-state index in [1.807, 2.05) is 12.1 Å². The van der Waals surface area contributed by atoms with Gasteiger partial charge in [0.25, 0.3) is 0 Å². The van der Waals surface area contributed by atoms with Crippen molar-refractivity contribution in [1.82, 2.24) is 19.9 Å². The number of nitrogens with one attached hydrogen (secondary N) is 2. The molecule has 8 rings (SSSR count). The maximum absolute atomic E-state index is 12.8. The topological polar surface area (TPSA) is 250 Å². The van der Waals surface area contributed by atoms with E-state index in [2.05, 4.69) is 30.6 Å². The number of phenols is 6. The number of benzene rings is 6. The van der Waals surface area contributed by atoms with Crippen LogP contribution in [0.15, 0.2) is 84.9 Å². The number of fused-ring (bicyclic) bond motifs is 4. The van der Waals surface area contributed by atoms with E-state index in [1.54, 1.807) is 48.5 Å². The number of aromatic nitrogens is 4. The molecule has 0 unspecified atom stereocenters. The zero-order valence-electron chi connectivity index (χ0n) is 30.6. The zero-order valence-corrected chi connectivity index (χ0v) is 30.6. The molecule has 16 nitrogen and oxygen atoms in total. The van der Waals surface area contributed by atoms with E-state index in [1.165, 1.54) is 24.3 Å². The number of anilines is 2. The van der Waals surface area contributed by atoms with Crippen molar-refractivity contribution >= 4 is 67.4 Å². The van der Waals surface area contributed by atoms with Gasteiger partial charge in [-0.1, -0.05) is 36.4 Å². The summed E-state index contributed by atoms with van der Waals surface area (Å²) < 4.78 is 9.86. The van der Waals surface area contributed by atoms with Gasteiger partial charge >= 0.3 is 11.9 Å². The third-order valence-corrected chi connectivity index (χ3v) is 9.69. The third kappa shape index (κ3) is 6.04. The number of carbonyl (C=O) groups excluding carboxylic acids is 2. The van der Waals surface area contributed by atoms with Gasteiger partial charge in [-0.05, 0) is 48.5 Å². The minimum atomic E-state index is -0.813. The fourth-order valence-corrected chi connectivity index (χ4v) is 6.83. The first kappa shape index (κ1) is 36.8. The number of esters is 2. The Balaban J connectivity index is 1.48. The average molecular weight is 781 g/mol. The Labute approximate surface area is 327 Å². The predicted molar refractivity (Wildman–Crippen MR) is 213 cm³/mol. The van der Waals surface area contributed by atoms with Crippen LogP contribution in [0.4, 0.5) is 11.4 Å². The Morgan fingerprint density at radius 1 is 0.466 bits per heavy atom. The van der Waals surface area contributed by atoms with Crippen molar-refractivity contribution in [2.24, 2.45) is 0 Å². The highest BCUT2D eigenvalue weighted by Crippen LogP contribution is 2.54. The van der Waals surface area contributed by atoms with E-state index >= 15 is 0 Å². The summed E-state index contributed by atoms with van der Waals surface area (Å²) in [6, 6.07) is 22.9. The zero-order chi connectivity index (χ0) is 40.8. The molecule has 6 aromatic carbocycles. The lowest BCUT2D eigenvalue weighted by molar-refractivity contribution is 0.0593. The van der Waals surface area contributed by atoms with Crippen LogP contribution in [0.5, 0.6) is 34.5 Å². The second kappa shape index (κ2) is 14.5. The van der Waals surface area contributed by atoms with E-state index in [4.69, 9.17) is 9.47 Å². The number of ether oxygens (including phenoxy) is 2. The van der Waals surface area contributed by atoms with Crippen LogP contribution in [0.25, 0.3) is 55.3 Å². The largest absolute Gasteiger partial charge is 0.507 e. The molecule has 0 fully saturated rings. The molecular weight excluding hydrogens is 748 g/mol. The van der Waals surface area contributed by atoms with Gasteiger partial charge in [-0.2, -0.15) is 0 Å². The fraction of sp³-hybridized carbons (Fsp3) is 0.0952. The molecule has 290 valence electrons. The fourth-order valence-electron chi connectivity index (χ4n) is 6.83. The standard InChI is InChI=1S/C42H32N6O10/c1-57-41(55)21-13-15-25(49)33-29(21)47-35-31(45-33)23(17-43-19-9-5-3-6-10-19)37(51)27(39(35)53)28-38(52)24(18-44-20-11-7-4-8-12-20)32-36(40(28)54)48-30-22(42(56)58-2)14-16-26(50)34(30)46-32/h3-16,43-44,49-54H,17-18H2,1-2H3. The molecule has 58 heavy (non-hydrogen) atoms. The summed E-state index contributed by atoms with van der Waals surface area (Å²) in [5.74, 6) is -5.20. The molecule has 16 heteroatoms. The monoisotopic (exact) mass is 780 g/mol. The van der Waals surface area contributed by atoms with E-state index in [0.29, 0.717) is 11.4 Å². The lowest BCUT2D eigenvalue weighted by Crippen LogP contribution is -2.08. The number of hydrogen-bond donors (Lipinski definition) is 8. The summed E-state index contributed by atoms with van der Waals surface area (Å²) in [4.78, 5) is 43.9. The Morgan fingerprint density at radius 2 is 0.828 bits per heavy atom. The Morgan fingerprint density at radius 3 is 1.19 bits per heavy atom. The van der Waals surface area contributed by atoms with Crippen LogP contribution in [0, 0.1) is 0 Å². The summed E-state index contributed by atoms with van der Waals surface area (Å²) >= 11 is 0. The van der Waals surface area contributed by atoms with Crippen LogP contribution in [0.2, 0.25) is 0 Å². The molecule has 0 saturated carbocycles. The van der Waals surface area contributed by atoms with Gasteiger partial charge in [0.2, 0.25) is 0 Å². The maximum Gasteiger partial charge on any atom is 0.340 e. The van der Waals surface area contributed by atoms with Crippen molar-refractivity contribution in [1.29, 1.82) is 0 Å². The first-order valence-electron chi connectivity index (χ1n) is 17.6. The number of nitrogens with zero attached hydrogens (tertiary/aromatic N) is 4. The second-order valence-corrected chi connectivity index (χ2v) is 13.0. The van der Waals surface area contributed by atoms with Gasteiger partial charge in [-0.15, -0.1) is 0 Å². The molecule has 0 amide bonds. The van der Waals surface area contributed by atoms with Gasteiger partial charge in [-0.3, -0.25) is 0 Å². The molecule has 0 spiro atoms. The molecule has 0 radical (unpaired) electrons. The van der Waals surface area contributed by atoms with Crippen molar-refractivity contribution in [3.63, 3.8) is 0 Å². The van der Waals surface area contributed by atoms with Crippen molar-refractivity contribution in [2.75, 3.05) is 24.9 Å². The Kier molecular flexibility index (Phi) is 9.20. The predicted octanol–water partition coefficient (Wildman–Crippen LogP) is 6.58. The SMILES string of the molecule is COC(=O)c1ccc(O)c2nc3c(CNc4ccccc4)c(O)c(-c4c(O)c(CNc5ccccc5)c5nc6c(O)ccc(C(=O)OC)c6nc5c4O)c(O)c3nc12. The lowest BCUT2D eigenvalue weighted by atomic mass is 9.93. The van der Waals surface area contributed by atoms with Crippen LogP contribution in [0.1, 0.15) is 31.8 Å². The second-order valence-electron chi connectivity index (χ2n) is 13.0. The highest BCUT2D eigenvalue weighted by Gasteiger charge is 2.32. The van der Waals surface area contributed by atoms with E-state index in [-0.39, 0.29) is 91.0 Å². The van der Waals surface area contributed by atoms with Gasteiger partial charge in [0.05, 0.1) is 36.5 Å². The molecule has 2 aromatic heterocycles. The molecule has 0 atom stereocenters. The van der Waals surface area contributed by atoms with Gasteiger partial charge in [0, 0.05) is 35.6 Å². The van der Waals surface area contributed by atoms with Crippen molar-refractivity contribution < 1.29 is 49.7 Å². The smallest absolute Gasteiger partial charge is 0.340 e. The summed E-state index contributed by atoms with van der Waals surface area (Å²) in [6.07, 6.45) is 0. The van der Waals surface area contributed by atoms with Gasteiger partial charge < -0.3 is 50.7 Å². The van der Waals surface area contributed by atoms with Crippen molar-refractivity contribution in [3.05, 3.63) is 107 Å². The number of methoxy groups -OCH3 is 2. The average Bonchev–Trinajstić information content (AvgIpc) is 3.24. The molecular formula is C42H32N6O10. The van der Waals surface area contributed by atoms with E-state index in [9.17, 15) is 40.2 Å². The van der Waals surface area contributed by atoms with Crippen molar-refractivity contribution in [2.45, 2.75) is 13.1 Å². The summed E-state index contributed by atoms with van der Waals surface area (Å²) in [5.41, 5.74) is -1.27. The molecule has 8 aromatic rings. The molecule has 0 aliphatic rings. The quantitative estimate of drug-likeness (QED) is 0.0569. The summed E-state index contributed by atoms with van der Waals surface area (Å²) in [7, 11) is 2.32. The van der Waals surface area contributed by atoms with E-state index in [0.717, 1.165) is 14.2 Å². The number of aromatic hydroxyl groups is 6. The minimum absolute atomic E-state index is 0.00859. The number of hydrogen-bond acceptors (Lipinski definition) is 16. The van der Waals surface area contributed by atoms with Crippen LogP contribution in [-0.2, 0) is 22.6 Å². The van der Waals surface area contributed by atoms with Gasteiger partial charge in [0.1, 0.15) is 67.1 Å². The molecule has 2 heterocycles. The molecule has 0 aliphatic carbocycles.